The van der Waals surface area contributed by atoms with E-state index in [4.69, 9.17) is 11.6 Å². The number of rotatable bonds is 6. The summed E-state index contributed by atoms with van der Waals surface area (Å²) in [5.74, 6) is 1.65. The fourth-order valence-corrected chi connectivity index (χ4v) is 2.56. The molecule has 0 unspecified atom stereocenters. The van der Waals surface area contributed by atoms with Crippen LogP contribution in [0.2, 0.25) is 0 Å². The summed E-state index contributed by atoms with van der Waals surface area (Å²) < 4.78 is 4.11. The second kappa shape index (κ2) is 6.05. The molecule has 2 aromatic heterocycles. The molecular formula is C14H16ClN5. The van der Waals surface area contributed by atoms with Gasteiger partial charge in [-0.3, -0.25) is 4.68 Å². The standard InChI is InChI=1S/C14H16ClN5/c15-7-6-14-17-12-4-1-2-5-13(12)20(14)10-3-9-19-11-8-16-18-19/h1-2,4-5,8,11H,3,6-7,9-10H2. The second-order valence-corrected chi connectivity index (χ2v) is 5.01. The molecule has 0 bridgehead atoms. The minimum absolute atomic E-state index is 0.590. The highest BCUT2D eigenvalue weighted by molar-refractivity contribution is 6.17. The largest absolute Gasteiger partial charge is 0.328 e. The average molecular weight is 290 g/mol. The summed E-state index contributed by atoms with van der Waals surface area (Å²) in [5.41, 5.74) is 2.21. The van der Waals surface area contributed by atoms with Crippen molar-refractivity contribution >= 4 is 22.6 Å². The van der Waals surface area contributed by atoms with Crippen LogP contribution in [0, 0.1) is 0 Å². The monoisotopic (exact) mass is 289 g/mol. The zero-order valence-corrected chi connectivity index (χ0v) is 11.9. The van der Waals surface area contributed by atoms with Gasteiger partial charge < -0.3 is 4.57 Å². The quantitative estimate of drug-likeness (QED) is 0.655. The number of aromatic nitrogens is 5. The Kier molecular flexibility index (Phi) is 3.97. The molecule has 0 aliphatic rings. The molecule has 5 nitrogen and oxygen atoms in total. The predicted molar refractivity (Wildman–Crippen MR) is 78.8 cm³/mol. The zero-order valence-electron chi connectivity index (χ0n) is 11.1. The molecule has 0 fully saturated rings. The maximum Gasteiger partial charge on any atom is 0.111 e. The first kappa shape index (κ1) is 13.1. The Labute approximate surface area is 122 Å². The van der Waals surface area contributed by atoms with E-state index in [1.807, 2.05) is 29.1 Å². The third kappa shape index (κ3) is 2.67. The number of halogens is 1. The zero-order chi connectivity index (χ0) is 13.8. The van der Waals surface area contributed by atoms with Gasteiger partial charge in [-0.1, -0.05) is 17.3 Å². The Balaban J connectivity index is 1.79. The molecule has 6 heteroatoms. The van der Waals surface area contributed by atoms with Crippen molar-refractivity contribution in [2.45, 2.75) is 25.9 Å². The van der Waals surface area contributed by atoms with E-state index in [0.717, 1.165) is 37.3 Å². The SMILES string of the molecule is ClCCc1nc2ccccc2n1CCCn1ccnn1. The van der Waals surface area contributed by atoms with Crippen molar-refractivity contribution in [2.24, 2.45) is 0 Å². The van der Waals surface area contributed by atoms with Crippen molar-refractivity contribution in [3.8, 4) is 0 Å². The molecular weight excluding hydrogens is 274 g/mol. The third-order valence-electron chi connectivity index (χ3n) is 3.29. The van der Waals surface area contributed by atoms with Crippen LogP contribution in [0.4, 0.5) is 0 Å². The number of fused-ring (bicyclic) bond motifs is 1. The molecule has 0 aliphatic heterocycles. The fourth-order valence-electron chi connectivity index (χ4n) is 2.39. The molecule has 1 aromatic carbocycles. The van der Waals surface area contributed by atoms with Crippen LogP contribution in [0.1, 0.15) is 12.2 Å². The lowest BCUT2D eigenvalue weighted by Gasteiger charge is -2.08. The van der Waals surface area contributed by atoms with Crippen LogP contribution in [-0.4, -0.2) is 30.4 Å². The van der Waals surface area contributed by atoms with E-state index in [-0.39, 0.29) is 0 Å². The third-order valence-corrected chi connectivity index (χ3v) is 3.48. The van der Waals surface area contributed by atoms with Gasteiger partial charge in [0.05, 0.1) is 17.2 Å². The number of alkyl halides is 1. The Hall–Kier alpha value is -1.88. The number of benzene rings is 1. The van der Waals surface area contributed by atoms with Crippen molar-refractivity contribution in [1.82, 2.24) is 24.5 Å². The van der Waals surface area contributed by atoms with Crippen molar-refractivity contribution in [3.05, 3.63) is 42.5 Å². The number of hydrogen-bond acceptors (Lipinski definition) is 3. The van der Waals surface area contributed by atoms with Crippen molar-refractivity contribution in [1.29, 1.82) is 0 Å². The summed E-state index contributed by atoms with van der Waals surface area (Å²) in [6.45, 7) is 1.76. The van der Waals surface area contributed by atoms with E-state index >= 15 is 0 Å². The normalized spacial score (nSPS) is 11.2. The van der Waals surface area contributed by atoms with E-state index in [1.165, 1.54) is 5.52 Å². The number of aryl methyl sites for hydroxylation is 3. The minimum Gasteiger partial charge on any atom is -0.328 e. The topological polar surface area (TPSA) is 48.5 Å². The van der Waals surface area contributed by atoms with Crippen LogP contribution in [0.25, 0.3) is 11.0 Å². The van der Waals surface area contributed by atoms with Gasteiger partial charge in [-0.15, -0.1) is 16.7 Å². The lowest BCUT2D eigenvalue weighted by Crippen LogP contribution is -2.08. The molecule has 2 heterocycles. The molecule has 0 amide bonds. The van der Waals surface area contributed by atoms with Crippen LogP contribution in [0.15, 0.2) is 36.7 Å². The van der Waals surface area contributed by atoms with E-state index < -0.39 is 0 Å². The lowest BCUT2D eigenvalue weighted by molar-refractivity contribution is 0.512. The maximum absolute atomic E-state index is 5.88. The summed E-state index contributed by atoms with van der Waals surface area (Å²) >= 11 is 5.88. The number of imidazole rings is 1. The first-order valence-corrected chi connectivity index (χ1v) is 7.26. The molecule has 3 rings (SSSR count). The fraction of sp³-hybridized carbons (Fsp3) is 0.357. The Morgan fingerprint density at radius 1 is 1.15 bits per heavy atom. The van der Waals surface area contributed by atoms with Crippen molar-refractivity contribution < 1.29 is 0 Å². The van der Waals surface area contributed by atoms with Crippen LogP contribution >= 0.6 is 11.6 Å². The van der Waals surface area contributed by atoms with Crippen molar-refractivity contribution in [3.63, 3.8) is 0 Å². The number of hydrogen-bond donors (Lipinski definition) is 0. The Morgan fingerprint density at radius 2 is 2.05 bits per heavy atom. The second-order valence-electron chi connectivity index (χ2n) is 4.63. The van der Waals surface area contributed by atoms with Gasteiger partial charge in [0.15, 0.2) is 0 Å². The van der Waals surface area contributed by atoms with Gasteiger partial charge in [-0.25, -0.2) is 4.98 Å². The van der Waals surface area contributed by atoms with E-state index in [0.29, 0.717) is 5.88 Å². The van der Waals surface area contributed by atoms with Gasteiger partial charge in [0, 0.05) is 31.6 Å². The molecule has 104 valence electrons. The van der Waals surface area contributed by atoms with Gasteiger partial charge in [0.25, 0.3) is 0 Å². The average Bonchev–Trinajstić information content (AvgIpc) is 3.08. The summed E-state index contributed by atoms with van der Waals surface area (Å²) in [6.07, 6.45) is 5.36. The summed E-state index contributed by atoms with van der Waals surface area (Å²) in [4.78, 5) is 4.66. The first-order chi connectivity index (χ1) is 9.88. The molecule has 0 aliphatic carbocycles. The Morgan fingerprint density at radius 3 is 2.85 bits per heavy atom. The maximum atomic E-state index is 5.88. The highest BCUT2D eigenvalue weighted by Gasteiger charge is 2.09. The van der Waals surface area contributed by atoms with Crippen LogP contribution in [0.3, 0.4) is 0 Å². The first-order valence-electron chi connectivity index (χ1n) is 6.72. The Bertz CT molecular complexity index is 674. The molecule has 0 radical (unpaired) electrons. The van der Waals surface area contributed by atoms with E-state index in [9.17, 15) is 0 Å². The highest BCUT2D eigenvalue weighted by atomic mass is 35.5. The number of para-hydroxylation sites is 2. The summed E-state index contributed by atoms with van der Waals surface area (Å²) in [7, 11) is 0. The van der Waals surface area contributed by atoms with Gasteiger partial charge in [0.1, 0.15) is 5.82 Å². The predicted octanol–water partition coefficient (Wildman–Crippen LogP) is 2.50. The van der Waals surface area contributed by atoms with Gasteiger partial charge in [0.2, 0.25) is 0 Å². The summed E-state index contributed by atoms with van der Waals surface area (Å²) in [6, 6.07) is 8.21. The van der Waals surface area contributed by atoms with Crippen molar-refractivity contribution in [2.75, 3.05) is 5.88 Å². The molecule has 0 N–H and O–H groups in total. The molecule has 20 heavy (non-hydrogen) atoms. The molecule has 0 atom stereocenters. The van der Waals surface area contributed by atoms with Crippen LogP contribution < -0.4 is 0 Å². The smallest absolute Gasteiger partial charge is 0.111 e. The molecule has 0 spiro atoms. The molecule has 3 aromatic rings. The highest BCUT2D eigenvalue weighted by Crippen LogP contribution is 2.17. The van der Waals surface area contributed by atoms with Gasteiger partial charge in [-0.2, -0.15) is 0 Å². The van der Waals surface area contributed by atoms with Crippen LogP contribution in [0.5, 0.6) is 0 Å². The van der Waals surface area contributed by atoms with Gasteiger partial charge >= 0.3 is 0 Å². The number of nitrogens with zero attached hydrogens (tertiary/aromatic N) is 5. The van der Waals surface area contributed by atoms with Gasteiger partial charge in [-0.05, 0) is 18.6 Å². The van der Waals surface area contributed by atoms with E-state index in [2.05, 4.69) is 25.9 Å². The minimum atomic E-state index is 0.590. The lowest BCUT2D eigenvalue weighted by atomic mass is 10.3. The summed E-state index contributed by atoms with van der Waals surface area (Å²) in [5, 5.41) is 7.79. The van der Waals surface area contributed by atoms with Crippen LogP contribution in [-0.2, 0) is 19.5 Å². The molecule has 0 saturated heterocycles. The molecule has 0 saturated carbocycles. The van der Waals surface area contributed by atoms with E-state index in [1.54, 1.807) is 6.20 Å².